The zero-order chi connectivity index (χ0) is 17.5. The van der Waals surface area contributed by atoms with Crippen LogP contribution in [0.15, 0.2) is 55.0 Å². The Balaban J connectivity index is 1.65. The molecule has 3 aromatic rings. The van der Waals surface area contributed by atoms with Gasteiger partial charge in [0.15, 0.2) is 0 Å². The van der Waals surface area contributed by atoms with E-state index in [0.29, 0.717) is 13.2 Å². The third-order valence-corrected chi connectivity index (χ3v) is 3.77. The van der Waals surface area contributed by atoms with Gasteiger partial charge >= 0.3 is 0 Å². The highest BCUT2D eigenvalue weighted by molar-refractivity contribution is 5.40. The summed E-state index contributed by atoms with van der Waals surface area (Å²) < 4.78 is 13.1. The lowest BCUT2D eigenvalue weighted by Gasteiger charge is -2.13. The minimum Gasteiger partial charge on any atom is -0.497 e. The number of aromatic nitrogens is 3. The topological polar surface area (TPSA) is 61.2 Å². The van der Waals surface area contributed by atoms with E-state index in [4.69, 9.17) is 9.47 Å². The van der Waals surface area contributed by atoms with Gasteiger partial charge in [-0.3, -0.25) is 9.67 Å². The van der Waals surface area contributed by atoms with Gasteiger partial charge in [0.05, 0.1) is 19.0 Å². The molecule has 0 aliphatic rings. The first-order chi connectivity index (χ1) is 12.2. The maximum Gasteiger partial charge on any atom is 0.130 e. The van der Waals surface area contributed by atoms with Gasteiger partial charge in [-0.25, -0.2) is 0 Å². The molecule has 0 amide bonds. The monoisotopic (exact) mass is 338 g/mol. The predicted octanol–water partition coefficient (Wildman–Crippen LogP) is 2.69. The minimum absolute atomic E-state index is 0.433. The van der Waals surface area contributed by atoms with Crippen LogP contribution in [0.4, 0.5) is 0 Å². The second-order valence-corrected chi connectivity index (χ2v) is 5.71. The number of rotatable bonds is 8. The molecular formula is C19H22N4O2. The van der Waals surface area contributed by atoms with E-state index in [1.165, 1.54) is 0 Å². The van der Waals surface area contributed by atoms with Crippen molar-refractivity contribution in [3.63, 3.8) is 0 Å². The van der Waals surface area contributed by atoms with Gasteiger partial charge < -0.3 is 14.8 Å². The van der Waals surface area contributed by atoms with Gasteiger partial charge in [-0.1, -0.05) is 6.07 Å². The molecule has 6 heteroatoms. The molecule has 2 heterocycles. The molecule has 2 aromatic heterocycles. The number of pyridine rings is 1. The van der Waals surface area contributed by atoms with E-state index in [2.05, 4.69) is 15.4 Å². The lowest BCUT2D eigenvalue weighted by molar-refractivity contribution is 0.296. The van der Waals surface area contributed by atoms with E-state index in [1.54, 1.807) is 18.0 Å². The van der Waals surface area contributed by atoms with Crippen molar-refractivity contribution in [3.05, 3.63) is 71.8 Å². The highest BCUT2D eigenvalue weighted by Gasteiger charge is 2.07. The van der Waals surface area contributed by atoms with Gasteiger partial charge in [0, 0.05) is 43.7 Å². The highest BCUT2D eigenvalue weighted by atomic mass is 16.5. The molecule has 0 saturated heterocycles. The summed E-state index contributed by atoms with van der Waals surface area (Å²) in [6.07, 6.45) is 5.62. The summed E-state index contributed by atoms with van der Waals surface area (Å²) in [7, 11) is 3.58. The van der Waals surface area contributed by atoms with Gasteiger partial charge in [-0.2, -0.15) is 5.10 Å². The fraction of sp³-hybridized carbons (Fsp3) is 0.263. The predicted molar refractivity (Wildman–Crippen MR) is 95.3 cm³/mol. The molecule has 0 fully saturated rings. The van der Waals surface area contributed by atoms with E-state index in [0.717, 1.165) is 34.9 Å². The molecule has 6 nitrogen and oxygen atoms in total. The van der Waals surface area contributed by atoms with Crippen LogP contribution in [0.25, 0.3) is 0 Å². The van der Waals surface area contributed by atoms with Crippen LogP contribution in [-0.2, 0) is 26.7 Å². The summed E-state index contributed by atoms with van der Waals surface area (Å²) in [6, 6.07) is 11.6. The van der Waals surface area contributed by atoms with Crippen molar-refractivity contribution in [2.24, 2.45) is 7.05 Å². The first-order valence-corrected chi connectivity index (χ1v) is 8.12. The normalized spacial score (nSPS) is 10.6. The van der Waals surface area contributed by atoms with E-state index in [9.17, 15) is 0 Å². The summed E-state index contributed by atoms with van der Waals surface area (Å²) in [5, 5.41) is 7.59. The number of aryl methyl sites for hydroxylation is 1. The zero-order valence-corrected chi connectivity index (χ0v) is 14.5. The molecule has 3 rings (SSSR count). The van der Waals surface area contributed by atoms with E-state index in [-0.39, 0.29) is 0 Å². The van der Waals surface area contributed by atoms with Crippen LogP contribution in [0, 0.1) is 0 Å². The first kappa shape index (κ1) is 17.0. The molecule has 0 spiro atoms. The Labute approximate surface area is 147 Å². The highest BCUT2D eigenvalue weighted by Crippen LogP contribution is 2.25. The Morgan fingerprint density at radius 3 is 2.80 bits per heavy atom. The zero-order valence-electron chi connectivity index (χ0n) is 14.5. The maximum absolute atomic E-state index is 5.96. The average molecular weight is 338 g/mol. The summed E-state index contributed by atoms with van der Waals surface area (Å²) in [4.78, 5) is 4.29. The number of hydrogen-bond donors (Lipinski definition) is 1. The Kier molecular flexibility index (Phi) is 5.64. The fourth-order valence-electron chi connectivity index (χ4n) is 2.50. The third-order valence-electron chi connectivity index (χ3n) is 3.77. The molecule has 130 valence electrons. The van der Waals surface area contributed by atoms with Crippen LogP contribution in [0.2, 0.25) is 0 Å². The summed E-state index contributed by atoms with van der Waals surface area (Å²) in [5.41, 5.74) is 3.08. The molecule has 0 aliphatic heterocycles. The molecule has 0 saturated carbocycles. The molecule has 1 aromatic carbocycles. The number of nitrogens with zero attached hydrogens (tertiary/aromatic N) is 3. The molecule has 1 N–H and O–H groups in total. The van der Waals surface area contributed by atoms with Crippen molar-refractivity contribution in [2.45, 2.75) is 19.7 Å². The Morgan fingerprint density at radius 1 is 1.16 bits per heavy atom. The van der Waals surface area contributed by atoms with Gasteiger partial charge in [-0.05, 0) is 30.3 Å². The van der Waals surface area contributed by atoms with Gasteiger partial charge in [0.1, 0.15) is 18.1 Å². The molecular weight excluding hydrogens is 316 g/mol. The Hall–Kier alpha value is -2.86. The third kappa shape index (κ3) is 4.81. The van der Waals surface area contributed by atoms with Crippen LogP contribution in [0.3, 0.4) is 0 Å². The standard InChI is InChI=1S/C19H22N4O2/c1-23-13-15(11-22-23)10-20-12-16-9-18(24-2)6-7-19(16)25-14-17-5-3-4-8-21-17/h3-9,11,13,20H,10,12,14H2,1-2H3. The van der Waals surface area contributed by atoms with Crippen molar-refractivity contribution < 1.29 is 9.47 Å². The SMILES string of the molecule is COc1ccc(OCc2ccccn2)c(CNCc2cnn(C)c2)c1. The summed E-state index contributed by atoms with van der Waals surface area (Å²) in [6.45, 7) is 1.84. The van der Waals surface area contributed by atoms with E-state index < -0.39 is 0 Å². The van der Waals surface area contributed by atoms with Crippen molar-refractivity contribution in [1.29, 1.82) is 0 Å². The Bertz CT molecular complexity index is 802. The summed E-state index contributed by atoms with van der Waals surface area (Å²) >= 11 is 0. The summed E-state index contributed by atoms with van der Waals surface area (Å²) in [5.74, 6) is 1.63. The maximum atomic E-state index is 5.96. The second kappa shape index (κ2) is 8.30. The smallest absolute Gasteiger partial charge is 0.130 e. The van der Waals surface area contributed by atoms with Gasteiger partial charge in [0.2, 0.25) is 0 Å². The molecule has 0 radical (unpaired) electrons. The van der Waals surface area contributed by atoms with Crippen molar-refractivity contribution in [1.82, 2.24) is 20.1 Å². The number of benzene rings is 1. The van der Waals surface area contributed by atoms with Crippen LogP contribution in [0.5, 0.6) is 11.5 Å². The Morgan fingerprint density at radius 2 is 2.08 bits per heavy atom. The number of nitrogens with one attached hydrogen (secondary N) is 1. The van der Waals surface area contributed by atoms with Crippen molar-refractivity contribution in [3.8, 4) is 11.5 Å². The average Bonchev–Trinajstić information content (AvgIpc) is 3.06. The fourth-order valence-corrected chi connectivity index (χ4v) is 2.50. The largest absolute Gasteiger partial charge is 0.497 e. The van der Waals surface area contributed by atoms with Gasteiger partial charge in [0.25, 0.3) is 0 Å². The number of methoxy groups -OCH3 is 1. The van der Waals surface area contributed by atoms with Gasteiger partial charge in [-0.15, -0.1) is 0 Å². The molecule has 0 aliphatic carbocycles. The lowest BCUT2D eigenvalue weighted by atomic mass is 10.2. The van der Waals surface area contributed by atoms with Crippen LogP contribution in [-0.4, -0.2) is 21.9 Å². The minimum atomic E-state index is 0.433. The van der Waals surface area contributed by atoms with Crippen LogP contribution < -0.4 is 14.8 Å². The van der Waals surface area contributed by atoms with Crippen LogP contribution in [0.1, 0.15) is 16.8 Å². The quantitative estimate of drug-likeness (QED) is 0.684. The second-order valence-electron chi connectivity index (χ2n) is 5.71. The molecule has 0 atom stereocenters. The van der Waals surface area contributed by atoms with E-state index in [1.807, 2.05) is 55.8 Å². The van der Waals surface area contributed by atoms with Crippen LogP contribution >= 0.6 is 0 Å². The van der Waals surface area contributed by atoms with Crippen molar-refractivity contribution in [2.75, 3.05) is 7.11 Å². The number of ether oxygens (including phenoxy) is 2. The molecule has 0 unspecified atom stereocenters. The molecule has 25 heavy (non-hydrogen) atoms. The number of hydrogen-bond acceptors (Lipinski definition) is 5. The van der Waals surface area contributed by atoms with Crippen molar-refractivity contribution >= 4 is 0 Å². The lowest BCUT2D eigenvalue weighted by Crippen LogP contribution is -2.13. The van der Waals surface area contributed by atoms with E-state index >= 15 is 0 Å². The molecule has 0 bridgehead atoms. The first-order valence-electron chi connectivity index (χ1n) is 8.12.